The van der Waals surface area contributed by atoms with E-state index in [-0.39, 0.29) is 0 Å². The molecule has 0 bridgehead atoms. The molecule has 2 rings (SSSR count). The highest BCUT2D eigenvalue weighted by Gasteiger charge is 2.58. The predicted molar refractivity (Wildman–Crippen MR) is 55.9 cm³/mol. The second-order valence-electron chi connectivity index (χ2n) is 4.43. The summed E-state index contributed by atoms with van der Waals surface area (Å²) in [5, 5.41) is 3.34. The molecule has 0 aromatic carbocycles. The lowest BCUT2D eigenvalue weighted by molar-refractivity contribution is 0.557. The Hall–Kier alpha value is -0.410. The zero-order chi connectivity index (χ0) is 9.64. The molecule has 1 fully saturated rings. The van der Waals surface area contributed by atoms with Crippen LogP contribution in [0.25, 0.3) is 0 Å². The maximum atomic E-state index is 5.72. The van der Waals surface area contributed by atoms with Gasteiger partial charge in [0, 0.05) is 11.3 Å². The van der Waals surface area contributed by atoms with E-state index >= 15 is 0 Å². The SMILES string of the molecule is Cc1nc(C2C(CN)C2(C)C)cs1. The van der Waals surface area contributed by atoms with Crippen LogP contribution in [0.1, 0.15) is 30.5 Å². The Kier molecular flexibility index (Phi) is 1.96. The summed E-state index contributed by atoms with van der Waals surface area (Å²) in [6, 6.07) is 0. The number of aryl methyl sites for hydroxylation is 1. The average molecular weight is 196 g/mol. The summed E-state index contributed by atoms with van der Waals surface area (Å²) in [4.78, 5) is 4.53. The molecule has 1 heterocycles. The van der Waals surface area contributed by atoms with E-state index in [1.165, 1.54) is 5.69 Å². The van der Waals surface area contributed by atoms with E-state index in [2.05, 4.69) is 31.1 Å². The van der Waals surface area contributed by atoms with Crippen LogP contribution in [0.15, 0.2) is 5.38 Å². The highest BCUT2D eigenvalue weighted by molar-refractivity contribution is 7.09. The molecule has 1 aliphatic carbocycles. The summed E-state index contributed by atoms with van der Waals surface area (Å²) in [5.74, 6) is 1.23. The van der Waals surface area contributed by atoms with E-state index < -0.39 is 0 Å². The molecule has 0 radical (unpaired) electrons. The number of rotatable bonds is 2. The zero-order valence-corrected chi connectivity index (χ0v) is 9.19. The van der Waals surface area contributed by atoms with Crippen molar-refractivity contribution in [2.24, 2.45) is 17.1 Å². The van der Waals surface area contributed by atoms with Gasteiger partial charge in [-0.1, -0.05) is 13.8 Å². The van der Waals surface area contributed by atoms with E-state index in [1.54, 1.807) is 11.3 Å². The minimum atomic E-state index is 0.370. The van der Waals surface area contributed by atoms with Gasteiger partial charge in [-0.25, -0.2) is 4.98 Å². The van der Waals surface area contributed by atoms with Crippen LogP contribution < -0.4 is 5.73 Å². The Morgan fingerprint density at radius 2 is 2.31 bits per heavy atom. The van der Waals surface area contributed by atoms with Gasteiger partial charge in [0.1, 0.15) is 0 Å². The normalized spacial score (nSPS) is 30.5. The first-order valence-corrected chi connectivity index (χ1v) is 5.57. The first-order valence-electron chi connectivity index (χ1n) is 4.69. The van der Waals surface area contributed by atoms with Gasteiger partial charge in [0.05, 0.1) is 10.7 Å². The molecule has 2 N–H and O–H groups in total. The van der Waals surface area contributed by atoms with Crippen molar-refractivity contribution in [3.05, 3.63) is 16.1 Å². The molecule has 0 aliphatic heterocycles. The third-order valence-electron chi connectivity index (χ3n) is 3.26. The molecular weight excluding hydrogens is 180 g/mol. The highest BCUT2D eigenvalue weighted by atomic mass is 32.1. The first-order chi connectivity index (χ1) is 6.07. The lowest BCUT2D eigenvalue weighted by Crippen LogP contribution is -2.05. The first kappa shape index (κ1) is 9.16. The number of thiazole rings is 1. The lowest BCUT2D eigenvalue weighted by Gasteiger charge is -1.98. The Morgan fingerprint density at radius 1 is 1.62 bits per heavy atom. The van der Waals surface area contributed by atoms with E-state index in [0.29, 0.717) is 17.3 Å². The molecule has 2 nitrogen and oxygen atoms in total. The molecule has 72 valence electrons. The smallest absolute Gasteiger partial charge is 0.0897 e. The van der Waals surface area contributed by atoms with Gasteiger partial charge in [0.25, 0.3) is 0 Å². The Morgan fingerprint density at radius 3 is 2.69 bits per heavy atom. The fourth-order valence-electron chi connectivity index (χ4n) is 2.29. The molecular formula is C10H16N2S. The van der Waals surface area contributed by atoms with Crippen LogP contribution in [-0.2, 0) is 0 Å². The zero-order valence-electron chi connectivity index (χ0n) is 8.37. The highest BCUT2D eigenvalue weighted by Crippen LogP contribution is 2.63. The van der Waals surface area contributed by atoms with E-state index in [0.717, 1.165) is 11.6 Å². The second-order valence-corrected chi connectivity index (χ2v) is 5.49. The van der Waals surface area contributed by atoms with Gasteiger partial charge in [0.15, 0.2) is 0 Å². The van der Waals surface area contributed by atoms with Crippen LogP contribution in [0.3, 0.4) is 0 Å². The van der Waals surface area contributed by atoms with Gasteiger partial charge >= 0.3 is 0 Å². The number of hydrogen-bond acceptors (Lipinski definition) is 3. The summed E-state index contributed by atoms with van der Waals surface area (Å²) in [6.45, 7) is 7.41. The topological polar surface area (TPSA) is 38.9 Å². The van der Waals surface area contributed by atoms with E-state index in [9.17, 15) is 0 Å². The molecule has 1 aromatic heterocycles. The van der Waals surface area contributed by atoms with Crippen molar-refractivity contribution in [1.29, 1.82) is 0 Å². The van der Waals surface area contributed by atoms with Gasteiger partial charge in [-0.3, -0.25) is 0 Å². The van der Waals surface area contributed by atoms with Crippen molar-refractivity contribution in [3.8, 4) is 0 Å². The summed E-state index contributed by atoms with van der Waals surface area (Å²) in [5.41, 5.74) is 7.34. The predicted octanol–water partition coefficient (Wildman–Crippen LogP) is 2.15. The molecule has 1 aliphatic rings. The standard InChI is InChI=1S/C10H16N2S/c1-6-12-8(5-13-6)9-7(4-11)10(9,2)3/h5,7,9H,4,11H2,1-3H3. The maximum Gasteiger partial charge on any atom is 0.0897 e. The molecule has 2 atom stereocenters. The molecule has 3 heteroatoms. The van der Waals surface area contributed by atoms with E-state index in [4.69, 9.17) is 5.73 Å². The molecule has 13 heavy (non-hydrogen) atoms. The van der Waals surface area contributed by atoms with Crippen LogP contribution in [-0.4, -0.2) is 11.5 Å². The second kappa shape index (κ2) is 2.79. The van der Waals surface area contributed by atoms with Crippen molar-refractivity contribution >= 4 is 11.3 Å². The van der Waals surface area contributed by atoms with Gasteiger partial charge in [0.2, 0.25) is 0 Å². The van der Waals surface area contributed by atoms with Crippen molar-refractivity contribution in [2.75, 3.05) is 6.54 Å². The van der Waals surface area contributed by atoms with Gasteiger partial charge in [-0.15, -0.1) is 11.3 Å². The Balaban J connectivity index is 2.21. The van der Waals surface area contributed by atoms with Crippen LogP contribution >= 0.6 is 11.3 Å². The fraction of sp³-hybridized carbons (Fsp3) is 0.700. The van der Waals surface area contributed by atoms with Gasteiger partial charge in [-0.05, 0) is 24.8 Å². The van der Waals surface area contributed by atoms with Crippen LogP contribution in [0.2, 0.25) is 0 Å². The van der Waals surface area contributed by atoms with Crippen molar-refractivity contribution in [2.45, 2.75) is 26.7 Å². The molecule has 0 spiro atoms. The van der Waals surface area contributed by atoms with Crippen molar-refractivity contribution < 1.29 is 0 Å². The van der Waals surface area contributed by atoms with E-state index in [1.807, 2.05) is 0 Å². The number of nitrogens with zero attached hydrogens (tertiary/aromatic N) is 1. The Bertz CT molecular complexity index is 316. The lowest BCUT2D eigenvalue weighted by atomic mass is 10.1. The molecule has 1 aromatic rings. The average Bonchev–Trinajstić information content (AvgIpc) is 2.41. The van der Waals surface area contributed by atoms with Crippen LogP contribution in [0.4, 0.5) is 0 Å². The van der Waals surface area contributed by atoms with Crippen molar-refractivity contribution in [1.82, 2.24) is 4.98 Å². The third kappa shape index (κ3) is 1.30. The van der Waals surface area contributed by atoms with Crippen LogP contribution in [0.5, 0.6) is 0 Å². The summed E-state index contributed by atoms with van der Waals surface area (Å²) >= 11 is 1.73. The quantitative estimate of drug-likeness (QED) is 0.787. The molecule has 2 unspecified atom stereocenters. The van der Waals surface area contributed by atoms with Gasteiger partial charge < -0.3 is 5.73 Å². The molecule has 0 amide bonds. The summed E-state index contributed by atoms with van der Waals surface area (Å²) < 4.78 is 0. The minimum Gasteiger partial charge on any atom is -0.330 e. The fourth-order valence-corrected chi connectivity index (χ4v) is 2.94. The Labute approximate surface area is 83.2 Å². The number of hydrogen-bond donors (Lipinski definition) is 1. The maximum absolute atomic E-state index is 5.72. The largest absolute Gasteiger partial charge is 0.330 e. The van der Waals surface area contributed by atoms with Crippen LogP contribution in [0, 0.1) is 18.3 Å². The summed E-state index contributed by atoms with van der Waals surface area (Å²) in [7, 11) is 0. The number of nitrogens with two attached hydrogens (primary N) is 1. The molecule has 0 saturated heterocycles. The monoisotopic (exact) mass is 196 g/mol. The number of aromatic nitrogens is 1. The van der Waals surface area contributed by atoms with Crippen molar-refractivity contribution in [3.63, 3.8) is 0 Å². The molecule has 1 saturated carbocycles. The minimum absolute atomic E-state index is 0.370. The third-order valence-corrected chi connectivity index (χ3v) is 4.05. The van der Waals surface area contributed by atoms with Gasteiger partial charge in [-0.2, -0.15) is 0 Å². The summed E-state index contributed by atoms with van der Waals surface area (Å²) in [6.07, 6.45) is 0.